The quantitative estimate of drug-likeness (QED) is 0.414. The Morgan fingerprint density at radius 3 is 2.48 bits per heavy atom. The summed E-state index contributed by atoms with van der Waals surface area (Å²) in [6.45, 7) is 6.26. The molecule has 0 radical (unpaired) electrons. The first-order valence-corrected chi connectivity index (χ1v) is 11.9. The Morgan fingerprint density at radius 2 is 1.88 bits per heavy atom. The summed E-state index contributed by atoms with van der Waals surface area (Å²) in [4.78, 5) is 10.7. The van der Waals surface area contributed by atoms with Gasteiger partial charge in [0, 0.05) is 12.6 Å². The standard InChI is InChI=1S/C25H27NO6S/c1-18(2)16-26(33(29,30)25-5-4-14-31-25)22-15-19(3)6-12-23(22)32-17-21-9-7-20(8-10-21)11-13-24(27)28/h4-15,18H,16-17H2,1-3H3,(H,27,28)/b13-11+. The molecule has 174 valence electrons. The van der Waals surface area contributed by atoms with Gasteiger partial charge >= 0.3 is 5.97 Å². The number of aliphatic carboxylic acids is 1. The van der Waals surface area contributed by atoms with Gasteiger partial charge in [0.2, 0.25) is 5.09 Å². The number of rotatable bonds is 10. The minimum Gasteiger partial charge on any atom is -0.487 e. The minimum atomic E-state index is -3.92. The van der Waals surface area contributed by atoms with Crippen LogP contribution in [0, 0.1) is 12.8 Å². The summed E-state index contributed by atoms with van der Waals surface area (Å²) in [5.41, 5.74) is 2.96. The largest absolute Gasteiger partial charge is 0.487 e. The fourth-order valence-corrected chi connectivity index (χ4v) is 4.72. The zero-order valence-electron chi connectivity index (χ0n) is 18.8. The van der Waals surface area contributed by atoms with Crippen molar-refractivity contribution in [3.05, 3.63) is 83.6 Å². The number of hydrogen-bond donors (Lipinski definition) is 1. The Hall–Kier alpha value is -3.52. The second kappa shape index (κ2) is 10.4. The van der Waals surface area contributed by atoms with Gasteiger partial charge in [-0.1, -0.05) is 44.2 Å². The highest BCUT2D eigenvalue weighted by Gasteiger charge is 2.30. The van der Waals surface area contributed by atoms with Crippen LogP contribution in [0.3, 0.4) is 0 Å². The number of hydrogen-bond acceptors (Lipinski definition) is 5. The molecule has 8 heteroatoms. The molecule has 0 aliphatic carbocycles. The van der Waals surface area contributed by atoms with Gasteiger partial charge in [-0.05, 0) is 59.9 Å². The third kappa shape index (κ3) is 6.26. The van der Waals surface area contributed by atoms with Crippen LogP contribution in [0.5, 0.6) is 5.75 Å². The summed E-state index contributed by atoms with van der Waals surface area (Å²) in [7, 11) is -3.92. The van der Waals surface area contributed by atoms with E-state index in [1.165, 1.54) is 22.7 Å². The highest BCUT2D eigenvalue weighted by molar-refractivity contribution is 7.92. The van der Waals surface area contributed by atoms with Crippen molar-refractivity contribution in [2.75, 3.05) is 10.8 Å². The van der Waals surface area contributed by atoms with E-state index in [4.69, 9.17) is 14.3 Å². The van der Waals surface area contributed by atoms with Crippen molar-refractivity contribution in [1.82, 2.24) is 0 Å². The molecule has 0 saturated heterocycles. The number of furan rings is 1. The smallest absolute Gasteiger partial charge is 0.328 e. The molecule has 0 atom stereocenters. The first-order chi connectivity index (χ1) is 15.7. The highest BCUT2D eigenvalue weighted by Crippen LogP contribution is 2.35. The number of carbonyl (C=O) groups is 1. The van der Waals surface area contributed by atoms with Crippen LogP contribution in [0.2, 0.25) is 0 Å². The SMILES string of the molecule is Cc1ccc(OCc2ccc(/C=C/C(=O)O)cc2)c(N(CC(C)C)S(=O)(=O)c2ccco2)c1. The normalized spacial score (nSPS) is 11.8. The molecule has 1 aromatic heterocycles. The van der Waals surface area contributed by atoms with Crippen molar-refractivity contribution in [2.24, 2.45) is 5.92 Å². The van der Waals surface area contributed by atoms with Crippen LogP contribution < -0.4 is 9.04 Å². The number of ether oxygens (including phenoxy) is 1. The average Bonchev–Trinajstić information content (AvgIpc) is 3.31. The molecule has 0 amide bonds. The van der Waals surface area contributed by atoms with E-state index in [0.717, 1.165) is 22.8 Å². The molecular weight excluding hydrogens is 442 g/mol. The molecule has 0 spiro atoms. The van der Waals surface area contributed by atoms with Gasteiger partial charge in [0.15, 0.2) is 0 Å². The first kappa shape index (κ1) is 24.1. The zero-order valence-corrected chi connectivity index (χ0v) is 19.6. The Kier molecular flexibility index (Phi) is 7.60. The Labute approximate surface area is 194 Å². The molecule has 0 saturated carbocycles. The lowest BCUT2D eigenvalue weighted by Gasteiger charge is -2.27. The van der Waals surface area contributed by atoms with Gasteiger partial charge in [-0.2, -0.15) is 8.42 Å². The van der Waals surface area contributed by atoms with E-state index in [1.54, 1.807) is 30.3 Å². The van der Waals surface area contributed by atoms with Gasteiger partial charge in [-0.15, -0.1) is 0 Å². The van der Waals surface area contributed by atoms with E-state index >= 15 is 0 Å². The maximum atomic E-state index is 13.3. The molecular formula is C25H27NO6S. The molecule has 0 bridgehead atoms. The van der Waals surface area contributed by atoms with E-state index in [0.29, 0.717) is 11.4 Å². The molecule has 0 unspecified atom stereocenters. The van der Waals surface area contributed by atoms with Crippen LogP contribution in [0.4, 0.5) is 5.69 Å². The van der Waals surface area contributed by atoms with E-state index in [-0.39, 0.29) is 24.2 Å². The van der Waals surface area contributed by atoms with Gasteiger partial charge in [0.1, 0.15) is 12.4 Å². The molecule has 33 heavy (non-hydrogen) atoms. The molecule has 7 nitrogen and oxygen atoms in total. The Bertz CT molecular complexity index is 1210. The minimum absolute atomic E-state index is 0.0644. The molecule has 3 aromatic rings. The summed E-state index contributed by atoms with van der Waals surface area (Å²) in [6.07, 6.45) is 3.92. The van der Waals surface area contributed by atoms with Crippen LogP contribution in [0.15, 0.2) is 76.4 Å². The highest BCUT2D eigenvalue weighted by atomic mass is 32.2. The Balaban J connectivity index is 1.89. The van der Waals surface area contributed by atoms with Crippen LogP contribution in [0.1, 0.15) is 30.5 Å². The van der Waals surface area contributed by atoms with Crippen molar-refractivity contribution in [1.29, 1.82) is 0 Å². The molecule has 1 heterocycles. The fourth-order valence-electron chi connectivity index (χ4n) is 3.17. The zero-order chi connectivity index (χ0) is 24.0. The second-order valence-electron chi connectivity index (χ2n) is 8.04. The number of aryl methyl sites for hydroxylation is 1. The molecule has 0 aliphatic rings. The maximum Gasteiger partial charge on any atom is 0.328 e. The number of sulfonamides is 1. The Morgan fingerprint density at radius 1 is 1.15 bits per heavy atom. The van der Waals surface area contributed by atoms with E-state index in [9.17, 15) is 13.2 Å². The van der Waals surface area contributed by atoms with Gasteiger partial charge < -0.3 is 14.3 Å². The molecule has 3 rings (SSSR count). The van der Waals surface area contributed by atoms with Crippen molar-refractivity contribution >= 4 is 27.8 Å². The van der Waals surface area contributed by atoms with Crippen LogP contribution in [-0.4, -0.2) is 26.0 Å². The average molecular weight is 470 g/mol. The summed E-state index contributed by atoms with van der Waals surface area (Å²) in [5, 5.41) is 8.62. The first-order valence-electron chi connectivity index (χ1n) is 10.5. The predicted octanol–water partition coefficient (Wildman–Crippen LogP) is 5.12. The lowest BCUT2D eigenvalue weighted by molar-refractivity contribution is -0.131. The van der Waals surface area contributed by atoms with E-state index in [1.807, 2.05) is 39.0 Å². The molecule has 0 aliphatic heterocycles. The number of carboxylic acid groups (broad SMARTS) is 1. The monoisotopic (exact) mass is 469 g/mol. The number of carboxylic acids is 1. The van der Waals surface area contributed by atoms with E-state index < -0.39 is 16.0 Å². The summed E-state index contributed by atoms with van der Waals surface area (Å²) in [5.74, 6) is -0.509. The fraction of sp³-hybridized carbons (Fsp3) is 0.240. The lowest BCUT2D eigenvalue weighted by Crippen LogP contribution is -2.34. The molecule has 2 aromatic carbocycles. The van der Waals surface area contributed by atoms with Crippen LogP contribution in [0.25, 0.3) is 6.08 Å². The molecule has 1 N–H and O–H groups in total. The van der Waals surface area contributed by atoms with Gasteiger partial charge in [-0.3, -0.25) is 4.31 Å². The van der Waals surface area contributed by atoms with Gasteiger partial charge in [-0.25, -0.2) is 4.79 Å². The van der Waals surface area contributed by atoms with Crippen molar-refractivity contribution in [3.8, 4) is 5.75 Å². The van der Waals surface area contributed by atoms with E-state index in [2.05, 4.69) is 0 Å². The summed E-state index contributed by atoms with van der Waals surface area (Å²) >= 11 is 0. The maximum absolute atomic E-state index is 13.3. The van der Waals surface area contributed by atoms with Gasteiger partial charge in [0.25, 0.3) is 10.0 Å². The van der Waals surface area contributed by atoms with Crippen LogP contribution in [-0.2, 0) is 21.4 Å². The summed E-state index contributed by atoms with van der Waals surface area (Å²) in [6, 6.07) is 15.6. The number of benzene rings is 2. The number of nitrogens with zero attached hydrogens (tertiary/aromatic N) is 1. The van der Waals surface area contributed by atoms with Crippen molar-refractivity contribution in [2.45, 2.75) is 32.5 Å². The summed E-state index contributed by atoms with van der Waals surface area (Å²) < 4.78 is 39.3. The topological polar surface area (TPSA) is 97.0 Å². The van der Waals surface area contributed by atoms with Gasteiger partial charge in [0.05, 0.1) is 12.0 Å². The third-order valence-electron chi connectivity index (χ3n) is 4.75. The number of anilines is 1. The van der Waals surface area contributed by atoms with Crippen molar-refractivity contribution in [3.63, 3.8) is 0 Å². The predicted molar refractivity (Wildman–Crippen MR) is 127 cm³/mol. The van der Waals surface area contributed by atoms with Crippen molar-refractivity contribution < 1.29 is 27.5 Å². The third-order valence-corrected chi connectivity index (χ3v) is 6.41. The second-order valence-corrected chi connectivity index (χ2v) is 9.83. The van der Waals surface area contributed by atoms with Crippen LogP contribution >= 0.6 is 0 Å². The lowest BCUT2D eigenvalue weighted by atomic mass is 10.1. The molecule has 0 fully saturated rings.